The molecule has 29 heavy (non-hydrogen) atoms. The molecule has 1 aliphatic rings. The summed E-state index contributed by atoms with van der Waals surface area (Å²) in [4.78, 5) is 38.3. The number of benzene rings is 2. The Morgan fingerprint density at radius 3 is 2.48 bits per heavy atom. The molecular weight excluding hydrogens is 374 g/mol. The Bertz CT molecular complexity index is 922. The lowest BCUT2D eigenvalue weighted by atomic mass is 10.1. The predicted molar refractivity (Wildman–Crippen MR) is 110 cm³/mol. The summed E-state index contributed by atoms with van der Waals surface area (Å²) in [6, 6.07) is 11.8. The molecule has 2 N–H and O–H groups in total. The molecule has 1 heterocycles. The van der Waals surface area contributed by atoms with Gasteiger partial charge in [-0.2, -0.15) is 0 Å². The molecular formula is C21H23N3O5. The Hall–Kier alpha value is -3.39. The number of rotatable bonds is 5. The molecule has 2 aromatic carbocycles. The van der Waals surface area contributed by atoms with E-state index in [-0.39, 0.29) is 11.5 Å². The summed E-state index contributed by atoms with van der Waals surface area (Å²) in [5.74, 6) is -1.17. The van der Waals surface area contributed by atoms with Gasteiger partial charge in [-0.15, -0.1) is 0 Å². The van der Waals surface area contributed by atoms with E-state index in [0.29, 0.717) is 30.2 Å². The van der Waals surface area contributed by atoms with Crippen LogP contribution >= 0.6 is 0 Å². The van der Waals surface area contributed by atoms with Crippen LogP contribution in [-0.4, -0.2) is 51.2 Å². The number of methoxy groups -OCH3 is 1. The van der Waals surface area contributed by atoms with Crippen LogP contribution in [-0.2, 0) is 14.3 Å². The average molecular weight is 397 g/mol. The van der Waals surface area contributed by atoms with E-state index in [4.69, 9.17) is 9.47 Å². The maximum Gasteiger partial charge on any atom is 0.340 e. The summed E-state index contributed by atoms with van der Waals surface area (Å²) in [6.45, 7) is 4.09. The number of anilines is 3. The van der Waals surface area contributed by atoms with Crippen LogP contribution in [0.25, 0.3) is 0 Å². The van der Waals surface area contributed by atoms with Crippen molar-refractivity contribution in [3.63, 3.8) is 0 Å². The van der Waals surface area contributed by atoms with Crippen LogP contribution < -0.4 is 15.5 Å². The molecule has 8 nitrogen and oxygen atoms in total. The molecule has 0 bridgehead atoms. The van der Waals surface area contributed by atoms with E-state index in [9.17, 15) is 14.4 Å². The largest absolute Gasteiger partial charge is 0.465 e. The first-order chi connectivity index (χ1) is 14.0. The number of esters is 1. The van der Waals surface area contributed by atoms with Crippen molar-refractivity contribution < 1.29 is 23.9 Å². The molecule has 2 aromatic rings. The van der Waals surface area contributed by atoms with Crippen molar-refractivity contribution in [1.29, 1.82) is 0 Å². The molecule has 0 saturated carbocycles. The predicted octanol–water partition coefficient (Wildman–Crippen LogP) is 2.52. The highest BCUT2D eigenvalue weighted by molar-refractivity contribution is 6.09. The van der Waals surface area contributed by atoms with Crippen LogP contribution in [0.1, 0.15) is 27.6 Å². The van der Waals surface area contributed by atoms with Crippen LogP contribution in [0.4, 0.5) is 17.1 Å². The second kappa shape index (κ2) is 9.20. The molecule has 2 amide bonds. The lowest BCUT2D eigenvalue weighted by Gasteiger charge is -2.29. The van der Waals surface area contributed by atoms with E-state index in [1.165, 1.54) is 14.0 Å². The Kier molecular flexibility index (Phi) is 6.46. The van der Waals surface area contributed by atoms with Crippen LogP contribution in [0.2, 0.25) is 0 Å². The molecule has 152 valence electrons. The number of hydrogen-bond acceptors (Lipinski definition) is 6. The van der Waals surface area contributed by atoms with Gasteiger partial charge in [-0.05, 0) is 36.4 Å². The Balaban J connectivity index is 1.84. The van der Waals surface area contributed by atoms with Crippen molar-refractivity contribution >= 4 is 34.8 Å². The van der Waals surface area contributed by atoms with Crippen molar-refractivity contribution in [2.45, 2.75) is 6.92 Å². The zero-order chi connectivity index (χ0) is 20.8. The van der Waals surface area contributed by atoms with E-state index in [1.807, 2.05) is 6.07 Å². The molecule has 0 aliphatic carbocycles. The van der Waals surface area contributed by atoms with Gasteiger partial charge in [-0.1, -0.05) is 6.07 Å². The van der Waals surface area contributed by atoms with Crippen molar-refractivity contribution in [3.05, 3.63) is 53.6 Å². The second-order valence-electron chi connectivity index (χ2n) is 6.54. The lowest BCUT2D eigenvalue weighted by molar-refractivity contribution is -0.114. The number of nitrogens with zero attached hydrogens (tertiary/aromatic N) is 1. The van der Waals surface area contributed by atoms with Gasteiger partial charge in [0, 0.05) is 37.0 Å². The van der Waals surface area contributed by atoms with Gasteiger partial charge in [0.2, 0.25) is 5.91 Å². The third-order valence-corrected chi connectivity index (χ3v) is 4.48. The minimum Gasteiger partial charge on any atom is -0.465 e. The van der Waals surface area contributed by atoms with Crippen LogP contribution in [0.15, 0.2) is 42.5 Å². The summed E-state index contributed by atoms with van der Waals surface area (Å²) in [5, 5.41) is 5.39. The van der Waals surface area contributed by atoms with E-state index in [1.54, 1.807) is 36.4 Å². The first-order valence-electron chi connectivity index (χ1n) is 9.22. The second-order valence-corrected chi connectivity index (χ2v) is 6.54. The van der Waals surface area contributed by atoms with Gasteiger partial charge in [-0.3, -0.25) is 9.59 Å². The monoisotopic (exact) mass is 397 g/mol. The zero-order valence-electron chi connectivity index (χ0n) is 16.4. The van der Waals surface area contributed by atoms with Gasteiger partial charge in [0.1, 0.15) is 0 Å². The van der Waals surface area contributed by atoms with Crippen LogP contribution in [0.5, 0.6) is 0 Å². The normalized spacial score (nSPS) is 13.5. The van der Waals surface area contributed by atoms with Crippen LogP contribution in [0, 0.1) is 0 Å². The number of nitrogens with one attached hydrogen (secondary N) is 2. The van der Waals surface area contributed by atoms with Gasteiger partial charge >= 0.3 is 5.97 Å². The maximum atomic E-state index is 12.7. The highest BCUT2D eigenvalue weighted by Gasteiger charge is 2.19. The highest BCUT2D eigenvalue weighted by Crippen LogP contribution is 2.25. The standard InChI is InChI=1S/C21H23N3O5/c1-14(25)22-16-5-3-4-15(12-16)20(26)23-19-7-6-17(13-18(19)21(27)28-2)24-8-10-29-11-9-24/h3-7,12-13H,8-11H2,1-2H3,(H,22,25)(H,23,26). The fourth-order valence-electron chi connectivity index (χ4n) is 3.07. The number of morpholine rings is 1. The Morgan fingerprint density at radius 2 is 1.79 bits per heavy atom. The smallest absolute Gasteiger partial charge is 0.340 e. The summed E-state index contributed by atoms with van der Waals surface area (Å²) < 4.78 is 10.3. The first-order valence-corrected chi connectivity index (χ1v) is 9.22. The van der Waals surface area contributed by atoms with Gasteiger partial charge < -0.3 is 25.0 Å². The highest BCUT2D eigenvalue weighted by atomic mass is 16.5. The number of ether oxygens (including phenoxy) is 2. The molecule has 8 heteroatoms. The van der Waals surface area contributed by atoms with Gasteiger partial charge in [0.05, 0.1) is 31.6 Å². The van der Waals surface area contributed by atoms with Crippen LogP contribution in [0.3, 0.4) is 0 Å². The molecule has 3 rings (SSSR count). The summed E-state index contributed by atoms with van der Waals surface area (Å²) in [7, 11) is 1.30. The molecule has 0 spiro atoms. The Labute approximate surface area is 168 Å². The minimum absolute atomic E-state index is 0.228. The third kappa shape index (κ3) is 5.11. The summed E-state index contributed by atoms with van der Waals surface area (Å²) >= 11 is 0. The number of carbonyl (C=O) groups excluding carboxylic acids is 3. The minimum atomic E-state index is -0.539. The Morgan fingerprint density at radius 1 is 1.03 bits per heavy atom. The summed E-state index contributed by atoms with van der Waals surface area (Å²) in [6.07, 6.45) is 0. The maximum absolute atomic E-state index is 12.7. The number of hydrogen-bond donors (Lipinski definition) is 2. The molecule has 1 aliphatic heterocycles. The average Bonchev–Trinajstić information content (AvgIpc) is 2.73. The number of carbonyl (C=O) groups is 3. The molecule has 1 saturated heterocycles. The third-order valence-electron chi connectivity index (χ3n) is 4.48. The van der Waals surface area contributed by atoms with Crippen molar-refractivity contribution in [2.75, 3.05) is 48.9 Å². The van der Waals surface area contributed by atoms with Gasteiger partial charge in [0.25, 0.3) is 5.91 Å². The van der Waals surface area contributed by atoms with Gasteiger partial charge in [0.15, 0.2) is 0 Å². The van der Waals surface area contributed by atoms with Crippen molar-refractivity contribution in [1.82, 2.24) is 0 Å². The van der Waals surface area contributed by atoms with E-state index in [2.05, 4.69) is 15.5 Å². The SMILES string of the molecule is COC(=O)c1cc(N2CCOCC2)ccc1NC(=O)c1cccc(NC(C)=O)c1. The molecule has 0 radical (unpaired) electrons. The number of amides is 2. The quantitative estimate of drug-likeness (QED) is 0.753. The lowest BCUT2D eigenvalue weighted by Crippen LogP contribution is -2.36. The van der Waals surface area contributed by atoms with Gasteiger partial charge in [-0.25, -0.2) is 4.79 Å². The molecule has 1 fully saturated rings. The van der Waals surface area contributed by atoms with Crippen molar-refractivity contribution in [2.24, 2.45) is 0 Å². The fraction of sp³-hybridized carbons (Fsp3) is 0.286. The van der Waals surface area contributed by atoms with E-state index in [0.717, 1.165) is 18.8 Å². The van der Waals surface area contributed by atoms with E-state index >= 15 is 0 Å². The summed E-state index contributed by atoms with van der Waals surface area (Å²) in [5.41, 5.74) is 2.34. The zero-order valence-corrected chi connectivity index (χ0v) is 16.4. The molecule has 0 atom stereocenters. The molecule has 0 unspecified atom stereocenters. The van der Waals surface area contributed by atoms with Crippen molar-refractivity contribution in [3.8, 4) is 0 Å². The topological polar surface area (TPSA) is 97.0 Å². The van der Waals surface area contributed by atoms with E-state index < -0.39 is 11.9 Å². The fourth-order valence-corrected chi connectivity index (χ4v) is 3.07. The molecule has 0 aromatic heterocycles. The first kappa shape index (κ1) is 20.3.